The molecule has 0 aromatic heterocycles. The Kier molecular flexibility index (Phi) is 9.40. The van der Waals surface area contributed by atoms with Crippen LogP contribution in [0.4, 0.5) is 5.69 Å². The van der Waals surface area contributed by atoms with E-state index in [4.69, 9.17) is 16.3 Å². The summed E-state index contributed by atoms with van der Waals surface area (Å²) < 4.78 is 33.9. The minimum Gasteiger partial charge on any atom is -0.497 e. The molecule has 1 atom stereocenters. The Morgan fingerprint density at radius 3 is 2.32 bits per heavy atom. The SMILES string of the molecule is CNC(=O)[C@H](C)N(Cc1cccc(OC)c1)C(=O)CN(c1ccc(C)c(Cl)c1)S(=O)(=O)c1ccc(C)cc1. The number of carbonyl (C=O) groups is 2. The highest BCUT2D eigenvalue weighted by Gasteiger charge is 2.32. The zero-order valence-electron chi connectivity index (χ0n) is 22.1. The number of ether oxygens (including phenoxy) is 1. The maximum atomic E-state index is 13.8. The van der Waals surface area contributed by atoms with Gasteiger partial charge in [0.1, 0.15) is 18.3 Å². The van der Waals surface area contributed by atoms with Crippen molar-refractivity contribution in [3.8, 4) is 5.75 Å². The lowest BCUT2D eigenvalue weighted by molar-refractivity contribution is -0.139. The lowest BCUT2D eigenvalue weighted by Gasteiger charge is -2.32. The van der Waals surface area contributed by atoms with Crippen LogP contribution >= 0.6 is 11.6 Å². The number of halogens is 1. The quantitative estimate of drug-likeness (QED) is 0.400. The first-order valence-electron chi connectivity index (χ1n) is 12.0. The molecule has 38 heavy (non-hydrogen) atoms. The number of anilines is 1. The van der Waals surface area contributed by atoms with E-state index in [2.05, 4.69) is 5.32 Å². The topological polar surface area (TPSA) is 96.0 Å². The lowest BCUT2D eigenvalue weighted by Crippen LogP contribution is -2.50. The molecule has 0 aliphatic heterocycles. The van der Waals surface area contributed by atoms with Crippen molar-refractivity contribution in [2.24, 2.45) is 0 Å². The van der Waals surface area contributed by atoms with Crippen molar-refractivity contribution in [3.05, 3.63) is 88.4 Å². The molecule has 0 fully saturated rings. The first-order chi connectivity index (χ1) is 18.0. The van der Waals surface area contributed by atoms with Crippen molar-refractivity contribution in [1.82, 2.24) is 10.2 Å². The van der Waals surface area contributed by atoms with Gasteiger partial charge in [0.15, 0.2) is 0 Å². The molecule has 3 aromatic carbocycles. The van der Waals surface area contributed by atoms with E-state index >= 15 is 0 Å². The number of benzene rings is 3. The molecule has 0 aliphatic rings. The van der Waals surface area contributed by atoms with Crippen LogP contribution < -0.4 is 14.4 Å². The number of amides is 2. The van der Waals surface area contributed by atoms with Crippen LogP contribution in [0.25, 0.3) is 0 Å². The Morgan fingerprint density at radius 2 is 1.71 bits per heavy atom. The molecular weight excluding hydrogens is 526 g/mol. The number of hydrogen-bond acceptors (Lipinski definition) is 5. The van der Waals surface area contributed by atoms with Gasteiger partial charge in [0.2, 0.25) is 11.8 Å². The highest BCUT2D eigenvalue weighted by atomic mass is 35.5. The Labute approximate surface area is 229 Å². The highest BCUT2D eigenvalue weighted by molar-refractivity contribution is 7.92. The van der Waals surface area contributed by atoms with E-state index in [0.29, 0.717) is 10.8 Å². The van der Waals surface area contributed by atoms with Crippen molar-refractivity contribution in [2.45, 2.75) is 38.3 Å². The van der Waals surface area contributed by atoms with Crippen LogP contribution in [0.1, 0.15) is 23.6 Å². The van der Waals surface area contributed by atoms with E-state index in [1.807, 2.05) is 6.92 Å². The van der Waals surface area contributed by atoms with Gasteiger partial charge in [0.25, 0.3) is 10.0 Å². The Morgan fingerprint density at radius 1 is 1.03 bits per heavy atom. The van der Waals surface area contributed by atoms with Gasteiger partial charge in [0, 0.05) is 18.6 Å². The third kappa shape index (κ3) is 6.65. The summed E-state index contributed by atoms with van der Waals surface area (Å²) >= 11 is 6.34. The van der Waals surface area contributed by atoms with Crippen molar-refractivity contribution in [2.75, 3.05) is 25.0 Å². The summed E-state index contributed by atoms with van der Waals surface area (Å²) in [7, 11) is -1.14. The lowest BCUT2D eigenvalue weighted by atomic mass is 10.1. The van der Waals surface area contributed by atoms with Crippen LogP contribution in [-0.4, -0.2) is 51.9 Å². The summed E-state index contributed by atoms with van der Waals surface area (Å²) in [6.45, 7) is 4.78. The first-order valence-corrected chi connectivity index (χ1v) is 13.8. The third-order valence-corrected chi connectivity index (χ3v) is 8.43. The van der Waals surface area contributed by atoms with Gasteiger partial charge in [-0.1, -0.05) is 47.5 Å². The van der Waals surface area contributed by atoms with Gasteiger partial charge in [-0.05, 0) is 68.3 Å². The number of methoxy groups -OCH3 is 1. The Hall–Kier alpha value is -3.56. The summed E-state index contributed by atoms with van der Waals surface area (Å²) in [5.74, 6) is -0.343. The van der Waals surface area contributed by atoms with Gasteiger partial charge in [-0.15, -0.1) is 0 Å². The standard InChI is InChI=1S/C28H32ClN3O5S/c1-19-9-13-25(14-10-19)38(35,36)32(23-12-11-20(2)26(29)16-23)18-27(33)31(21(3)28(34)30-4)17-22-7-6-8-24(15-22)37-5/h6-16,21H,17-18H2,1-5H3,(H,30,34)/t21-/m0/s1. The van der Waals surface area contributed by atoms with Gasteiger partial charge >= 0.3 is 0 Å². The summed E-state index contributed by atoms with van der Waals surface area (Å²) in [5, 5.41) is 2.93. The monoisotopic (exact) mass is 557 g/mol. The van der Waals surface area contributed by atoms with Crippen LogP contribution in [0.2, 0.25) is 5.02 Å². The molecule has 3 rings (SSSR count). The molecule has 0 radical (unpaired) electrons. The molecule has 8 nitrogen and oxygen atoms in total. The van der Waals surface area contributed by atoms with Crippen LogP contribution in [0.15, 0.2) is 71.6 Å². The molecule has 0 saturated heterocycles. The van der Waals surface area contributed by atoms with Crippen LogP contribution in [-0.2, 0) is 26.2 Å². The van der Waals surface area contributed by atoms with Crippen molar-refractivity contribution < 1.29 is 22.7 Å². The molecule has 3 aromatic rings. The van der Waals surface area contributed by atoms with Crippen LogP contribution in [0.3, 0.4) is 0 Å². The van der Waals surface area contributed by atoms with Crippen molar-refractivity contribution in [1.29, 1.82) is 0 Å². The fourth-order valence-electron chi connectivity index (χ4n) is 3.86. The van der Waals surface area contributed by atoms with Crippen molar-refractivity contribution >= 4 is 39.1 Å². The fourth-order valence-corrected chi connectivity index (χ4v) is 5.44. The summed E-state index contributed by atoms with van der Waals surface area (Å²) in [6, 6.07) is 17.5. The highest BCUT2D eigenvalue weighted by Crippen LogP contribution is 2.29. The van der Waals surface area contributed by atoms with E-state index in [1.54, 1.807) is 62.4 Å². The zero-order chi connectivity index (χ0) is 28.0. The smallest absolute Gasteiger partial charge is 0.264 e. The van der Waals surface area contributed by atoms with Crippen molar-refractivity contribution in [3.63, 3.8) is 0 Å². The molecule has 10 heteroatoms. The normalized spacial score (nSPS) is 11.9. The van der Waals surface area contributed by atoms with E-state index < -0.39 is 28.5 Å². The van der Waals surface area contributed by atoms with Gasteiger partial charge in [0.05, 0.1) is 17.7 Å². The second-order valence-corrected chi connectivity index (χ2v) is 11.2. The maximum Gasteiger partial charge on any atom is 0.264 e. The average molecular weight is 558 g/mol. The van der Waals surface area contributed by atoms with Crippen LogP contribution in [0.5, 0.6) is 5.75 Å². The van der Waals surface area contributed by atoms with Crippen LogP contribution in [0, 0.1) is 13.8 Å². The average Bonchev–Trinajstić information content (AvgIpc) is 2.91. The fraction of sp³-hybridized carbons (Fsp3) is 0.286. The number of sulfonamides is 1. The summed E-state index contributed by atoms with van der Waals surface area (Å²) in [5.41, 5.74) is 2.62. The minimum atomic E-state index is -4.16. The van der Waals surface area contributed by atoms with Gasteiger partial charge in [-0.25, -0.2) is 8.42 Å². The molecule has 0 spiro atoms. The summed E-state index contributed by atoms with van der Waals surface area (Å²) in [4.78, 5) is 27.8. The van der Waals surface area contributed by atoms with E-state index in [-0.39, 0.29) is 23.0 Å². The number of rotatable bonds is 10. The molecule has 0 heterocycles. The summed E-state index contributed by atoms with van der Waals surface area (Å²) in [6.07, 6.45) is 0. The largest absolute Gasteiger partial charge is 0.497 e. The molecule has 2 amide bonds. The Balaban J connectivity index is 2.06. The van der Waals surface area contributed by atoms with E-state index in [0.717, 1.165) is 21.0 Å². The molecule has 202 valence electrons. The molecular formula is C28H32ClN3O5S. The second-order valence-electron chi connectivity index (χ2n) is 8.92. The predicted molar refractivity (Wildman–Crippen MR) is 149 cm³/mol. The molecule has 1 N–H and O–H groups in total. The van der Waals surface area contributed by atoms with E-state index in [1.165, 1.54) is 37.3 Å². The number of likely N-dealkylation sites (N-methyl/N-ethyl adjacent to an activating group) is 1. The minimum absolute atomic E-state index is 0.0336. The molecule has 0 saturated carbocycles. The third-order valence-electron chi connectivity index (χ3n) is 6.23. The maximum absolute atomic E-state index is 13.8. The number of carbonyl (C=O) groups excluding carboxylic acids is 2. The van der Waals surface area contributed by atoms with Gasteiger partial charge < -0.3 is 15.0 Å². The molecule has 0 unspecified atom stereocenters. The molecule has 0 aliphatic carbocycles. The van der Waals surface area contributed by atoms with E-state index in [9.17, 15) is 18.0 Å². The van der Waals surface area contributed by atoms with Gasteiger partial charge in [-0.3, -0.25) is 13.9 Å². The number of nitrogens with zero attached hydrogens (tertiary/aromatic N) is 2. The second kappa shape index (κ2) is 12.3. The first kappa shape index (κ1) is 29.0. The number of nitrogens with one attached hydrogen (secondary N) is 1. The number of hydrogen-bond donors (Lipinski definition) is 1. The predicted octanol–water partition coefficient (Wildman–Crippen LogP) is 4.32. The number of aryl methyl sites for hydroxylation is 2. The zero-order valence-corrected chi connectivity index (χ0v) is 23.6. The Bertz CT molecular complexity index is 1410. The van der Waals surface area contributed by atoms with Gasteiger partial charge in [-0.2, -0.15) is 0 Å². The molecule has 0 bridgehead atoms.